The van der Waals surface area contributed by atoms with E-state index < -0.39 is 0 Å². The number of nitrogens with two attached hydrogens (primary N) is 1. The second-order valence-corrected chi connectivity index (χ2v) is 6.27. The summed E-state index contributed by atoms with van der Waals surface area (Å²) in [6.07, 6.45) is 3.55. The maximum atomic E-state index is 5.98. The van der Waals surface area contributed by atoms with E-state index in [0.717, 1.165) is 13.0 Å². The average Bonchev–Trinajstić information content (AvgIpc) is 2.46. The summed E-state index contributed by atoms with van der Waals surface area (Å²) in [7, 11) is 1.69. The zero-order valence-corrected chi connectivity index (χ0v) is 16.1. The Morgan fingerprint density at radius 1 is 1.45 bits per heavy atom. The van der Waals surface area contributed by atoms with Gasteiger partial charge in [-0.15, -0.1) is 24.0 Å². The Hall–Kier alpha value is -0.820. The molecule has 0 aliphatic heterocycles. The number of aliphatic imine (C=N–C) groups is 1. The predicted octanol–water partition coefficient (Wildman–Crippen LogP) is 2.84. The summed E-state index contributed by atoms with van der Waals surface area (Å²) in [6.45, 7) is 5.67. The van der Waals surface area contributed by atoms with E-state index in [2.05, 4.69) is 41.5 Å². The van der Waals surface area contributed by atoms with Crippen molar-refractivity contribution in [2.45, 2.75) is 44.6 Å². The largest absolute Gasteiger partial charge is 0.383 e. The summed E-state index contributed by atoms with van der Waals surface area (Å²) >= 11 is 0. The lowest BCUT2D eigenvalue weighted by Gasteiger charge is -2.35. The quantitative estimate of drug-likeness (QED) is 0.440. The number of halogens is 1. The molecule has 3 N–H and O–H groups in total. The number of benzene rings is 1. The fourth-order valence-corrected chi connectivity index (χ4v) is 3.14. The van der Waals surface area contributed by atoms with Gasteiger partial charge in [0.05, 0.1) is 13.2 Å². The van der Waals surface area contributed by atoms with Crippen LogP contribution in [-0.2, 0) is 16.6 Å². The van der Waals surface area contributed by atoms with E-state index in [4.69, 9.17) is 10.5 Å². The first-order valence-electron chi connectivity index (χ1n) is 7.69. The van der Waals surface area contributed by atoms with Crippen molar-refractivity contribution in [3.8, 4) is 0 Å². The summed E-state index contributed by atoms with van der Waals surface area (Å²) < 4.78 is 5.09. The number of guanidine groups is 1. The van der Waals surface area contributed by atoms with Crippen LogP contribution in [0.5, 0.6) is 0 Å². The molecule has 0 spiro atoms. The van der Waals surface area contributed by atoms with Crippen molar-refractivity contribution >= 4 is 29.9 Å². The highest BCUT2D eigenvalue weighted by Gasteiger charge is 2.31. The maximum absolute atomic E-state index is 5.98. The van der Waals surface area contributed by atoms with Crippen LogP contribution in [0.1, 0.15) is 37.8 Å². The Labute approximate surface area is 150 Å². The number of ether oxygens (including phenoxy) is 1. The number of fused-ring (bicyclic) bond motifs is 1. The fraction of sp³-hybridized carbons (Fsp3) is 0.588. The van der Waals surface area contributed by atoms with Gasteiger partial charge >= 0.3 is 0 Å². The van der Waals surface area contributed by atoms with Crippen LogP contribution >= 0.6 is 24.0 Å². The number of aryl methyl sites for hydroxylation is 1. The van der Waals surface area contributed by atoms with Crippen molar-refractivity contribution < 1.29 is 4.74 Å². The molecule has 1 aromatic carbocycles. The van der Waals surface area contributed by atoms with Crippen molar-refractivity contribution in [1.82, 2.24) is 5.32 Å². The first kappa shape index (κ1) is 19.2. The molecule has 2 rings (SSSR count). The molecular weight excluding hydrogens is 389 g/mol. The predicted molar refractivity (Wildman–Crippen MR) is 103 cm³/mol. The number of hydrogen-bond donors (Lipinski definition) is 2. The second-order valence-electron chi connectivity index (χ2n) is 6.27. The second kappa shape index (κ2) is 8.72. The number of hydrogen-bond acceptors (Lipinski definition) is 2. The molecule has 0 bridgehead atoms. The van der Waals surface area contributed by atoms with Gasteiger partial charge in [0.2, 0.25) is 0 Å². The van der Waals surface area contributed by atoms with Crippen LogP contribution in [0, 0.1) is 0 Å². The zero-order valence-electron chi connectivity index (χ0n) is 13.8. The summed E-state index contributed by atoms with van der Waals surface area (Å²) in [6, 6.07) is 8.88. The van der Waals surface area contributed by atoms with Gasteiger partial charge in [0.1, 0.15) is 0 Å². The molecule has 4 nitrogen and oxygen atoms in total. The molecule has 1 aromatic rings. The zero-order chi connectivity index (χ0) is 15.3. The van der Waals surface area contributed by atoms with E-state index >= 15 is 0 Å². The summed E-state index contributed by atoms with van der Waals surface area (Å²) in [5, 5.41) is 3.16. The number of nitrogens with zero attached hydrogens (tertiary/aromatic N) is 1. The molecule has 0 saturated carbocycles. The molecule has 0 saturated heterocycles. The topological polar surface area (TPSA) is 59.6 Å². The Morgan fingerprint density at radius 3 is 2.91 bits per heavy atom. The van der Waals surface area contributed by atoms with Gasteiger partial charge in [-0.25, -0.2) is 0 Å². The molecule has 0 amide bonds. The summed E-state index contributed by atoms with van der Waals surface area (Å²) in [4.78, 5) is 4.57. The molecule has 2 unspecified atom stereocenters. The Balaban J connectivity index is 0.00000242. The van der Waals surface area contributed by atoms with Crippen molar-refractivity contribution in [3.05, 3.63) is 35.4 Å². The number of nitrogens with one attached hydrogen (secondary N) is 1. The van der Waals surface area contributed by atoms with Crippen LogP contribution in [0.25, 0.3) is 0 Å². The molecule has 22 heavy (non-hydrogen) atoms. The molecule has 0 radical (unpaired) electrons. The third-order valence-electron chi connectivity index (χ3n) is 4.25. The number of methoxy groups -OCH3 is 1. The van der Waals surface area contributed by atoms with E-state index in [1.54, 1.807) is 7.11 Å². The molecule has 0 aromatic heterocycles. The highest BCUT2D eigenvalue weighted by Crippen LogP contribution is 2.37. The lowest BCUT2D eigenvalue weighted by atomic mass is 9.71. The lowest BCUT2D eigenvalue weighted by molar-refractivity contribution is 0.179. The molecular formula is C17H28IN3O. The molecule has 1 aliphatic rings. The van der Waals surface area contributed by atoms with Gasteiger partial charge < -0.3 is 15.8 Å². The van der Waals surface area contributed by atoms with Crippen LogP contribution < -0.4 is 11.1 Å². The first-order valence-corrected chi connectivity index (χ1v) is 7.69. The Kier molecular flexibility index (Phi) is 7.62. The van der Waals surface area contributed by atoms with Crippen LogP contribution in [0.4, 0.5) is 0 Å². The standard InChI is InChI=1S/C17H27N3O.HI/c1-13(11-21-3)20-16(18)19-12-17(2)10-6-8-14-7-4-5-9-15(14)17;/h4-5,7,9,13H,6,8,10-12H2,1-3H3,(H3,18,19,20);1H. The number of rotatable bonds is 5. The SMILES string of the molecule is COCC(C)NC(N)=NCC1(C)CCCc2ccccc21.I. The Morgan fingerprint density at radius 2 is 2.18 bits per heavy atom. The van der Waals surface area contributed by atoms with Crippen molar-refractivity contribution in [2.24, 2.45) is 10.7 Å². The van der Waals surface area contributed by atoms with E-state index in [-0.39, 0.29) is 35.4 Å². The van der Waals surface area contributed by atoms with E-state index in [1.165, 1.54) is 24.0 Å². The molecule has 1 aliphatic carbocycles. The Bertz CT molecular complexity index is 506. The minimum atomic E-state index is 0. The third-order valence-corrected chi connectivity index (χ3v) is 4.25. The van der Waals surface area contributed by atoms with Gasteiger partial charge in [-0.1, -0.05) is 31.2 Å². The van der Waals surface area contributed by atoms with Gasteiger partial charge in [0.25, 0.3) is 0 Å². The minimum Gasteiger partial charge on any atom is -0.383 e. The van der Waals surface area contributed by atoms with Crippen molar-refractivity contribution in [2.75, 3.05) is 20.3 Å². The van der Waals surface area contributed by atoms with Crippen LogP contribution in [-0.4, -0.2) is 32.3 Å². The fourth-order valence-electron chi connectivity index (χ4n) is 3.14. The van der Waals surface area contributed by atoms with Gasteiger partial charge in [-0.2, -0.15) is 0 Å². The van der Waals surface area contributed by atoms with Gasteiger partial charge in [0.15, 0.2) is 5.96 Å². The molecule has 0 heterocycles. The van der Waals surface area contributed by atoms with Gasteiger partial charge in [-0.05, 0) is 37.3 Å². The van der Waals surface area contributed by atoms with Gasteiger partial charge in [-0.3, -0.25) is 4.99 Å². The lowest BCUT2D eigenvalue weighted by Crippen LogP contribution is -2.42. The normalized spacial score (nSPS) is 22.4. The molecule has 5 heteroatoms. The van der Waals surface area contributed by atoms with Crippen molar-refractivity contribution in [1.29, 1.82) is 0 Å². The minimum absolute atomic E-state index is 0. The van der Waals surface area contributed by atoms with Crippen LogP contribution in [0.2, 0.25) is 0 Å². The smallest absolute Gasteiger partial charge is 0.188 e. The van der Waals surface area contributed by atoms with E-state index in [9.17, 15) is 0 Å². The maximum Gasteiger partial charge on any atom is 0.188 e. The van der Waals surface area contributed by atoms with E-state index in [0.29, 0.717) is 12.6 Å². The molecule has 2 atom stereocenters. The average molecular weight is 417 g/mol. The monoisotopic (exact) mass is 417 g/mol. The highest BCUT2D eigenvalue weighted by atomic mass is 127. The third kappa shape index (κ3) is 4.84. The summed E-state index contributed by atoms with van der Waals surface area (Å²) in [5.74, 6) is 0.504. The van der Waals surface area contributed by atoms with Crippen LogP contribution in [0.15, 0.2) is 29.3 Å². The highest BCUT2D eigenvalue weighted by molar-refractivity contribution is 14.0. The first-order chi connectivity index (χ1) is 10.0. The summed E-state index contributed by atoms with van der Waals surface area (Å²) in [5.41, 5.74) is 8.96. The van der Waals surface area contributed by atoms with E-state index in [1.807, 2.05) is 6.92 Å². The molecule has 0 fully saturated rings. The van der Waals surface area contributed by atoms with Crippen molar-refractivity contribution in [3.63, 3.8) is 0 Å². The van der Waals surface area contributed by atoms with Gasteiger partial charge in [0, 0.05) is 18.6 Å². The van der Waals surface area contributed by atoms with Crippen LogP contribution in [0.3, 0.4) is 0 Å². The molecule has 124 valence electrons.